The molecule has 1 aliphatic heterocycles. The molecule has 0 amide bonds. The Morgan fingerprint density at radius 3 is 2.71 bits per heavy atom. The Hall–Kier alpha value is -0.580. The summed E-state index contributed by atoms with van der Waals surface area (Å²) in [7, 11) is 1.73. The second-order valence-electron chi connectivity index (χ2n) is 7.58. The van der Waals surface area contributed by atoms with Gasteiger partial charge in [-0.1, -0.05) is 15.9 Å². The molecule has 3 nitrogen and oxygen atoms in total. The van der Waals surface area contributed by atoms with Crippen molar-refractivity contribution < 1.29 is 9.84 Å². The Morgan fingerprint density at radius 2 is 1.96 bits per heavy atom. The van der Waals surface area contributed by atoms with Gasteiger partial charge in [0.15, 0.2) is 0 Å². The molecule has 4 heteroatoms. The van der Waals surface area contributed by atoms with Crippen molar-refractivity contribution in [1.29, 1.82) is 0 Å². The van der Waals surface area contributed by atoms with E-state index in [-0.39, 0.29) is 6.10 Å². The molecule has 1 aliphatic carbocycles. The van der Waals surface area contributed by atoms with E-state index in [0.717, 1.165) is 36.8 Å². The van der Waals surface area contributed by atoms with Crippen LogP contribution in [0.3, 0.4) is 0 Å². The molecule has 0 aromatic heterocycles. The predicted octanol–water partition coefficient (Wildman–Crippen LogP) is 4.26. The van der Waals surface area contributed by atoms with Gasteiger partial charge >= 0.3 is 0 Å². The zero-order valence-corrected chi connectivity index (χ0v) is 16.3. The van der Waals surface area contributed by atoms with Gasteiger partial charge in [-0.25, -0.2) is 0 Å². The fourth-order valence-corrected chi connectivity index (χ4v) is 4.64. The topological polar surface area (TPSA) is 32.7 Å². The molecule has 0 spiro atoms. The van der Waals surface area contributed by atoms with Crippen LogP contribution in [0.4, 0.5) is 0 Å². The van der Waals surface area contributed by atoms with Crippen molar-refractivity contribution in [3.05, 3.63) is 28.2 Å². The van der Waals surface area contributed by atoms with Crippen LogP contribution in [-0.4, -0.2) is 42.9 Å². The molecule has 1 atom stereocenters. The number of rotatable bonds is 6. The number of hydrogen-bond donors (Lipinski definition) is 1. The van der Waals surface area contributed by atoms with Gasteiger partial charge in [0.2, 0.25) is 0 Å². The molecular formula is C20H30BrNO2. The van der Waals surface area contributed by atoms with E-state index in [0.29, 0.717) is 0 Å². The lowest BCUT2D eigenvalue weighted by molar-refractivity contribution is 0.103. The van der Waals surface area contributed by atoms with Gasteiger partial charge in [0.1, 0.15) is 5.75 Å². The summed E-state index contributed by atoms with van der Waals surface area (Å²) in [6.07, 6.45) is 8.16. The van der Waals surface area contributed by atoms with Crippen molar-refractivity contribution in [2.24, 2.45) is 11.8 Å². The highest BCUT2D eigenvalue weighted by molar-refractivity contribution is 9.10. The monoisotopic (exact) mass is 395 g/mol. The summed E-state index contributed by atoms with van der Waals surface area (Å²) in [5.41, 5.74) is 1.36. The first-order valence-electron chi connectivity index (χ1n) is 9.37. The second-order valence-corrected chi connectivity index (χ2v) is 8.43. The highest BCUT2D eigenvalue weighted by Crippen LogP contribution is 2.30. The SMILES string of the molecule is COc1ccc(Br)c(CC2CCN(CCC3CCC(O)CC3)C2)c1. The van der Waals surface area contributed by atoms with Gasteiger partial charge in [0.25, 0.3) is 0 Å². The normalized spacial score (nSPS) is 28.2. The standard InChI is InChI=1S/C20H30BrNO2/c1-24-19-6-7-20(21)17(13-19)12-16-9-11-22(14-16)10-8-15-2-4-18(23)5-3-15/h6-7,13,15-16,18,23H,2-5,8-12,14H2,1H3. The summed E-state index contributed by atoms with van der Waals surface area (Å²) in [5, 5.41) is 9.62. The molecule has 1 N–H and O–H groups in total. The maximum Gasteiger partial charge on any atom is 0.119 e. The molecule has 1 aromatic rings. The number of nitrogens with zero attached hydrogens (tertiary/aromatic N) is 1. The van der Waals surface area contributed by atoms with Crippen LogP contribution in [0.5, 0.6) is 5.75 Å². The number of benzene rings is 1. The summed E-state index contributed by atoms with van der Waals surface area (Å²) in [6, 6.07) is 6.27. The van der Waals surface area contributed by atoms with E-state index >= 15 is 0 Å². The van der Waals surface area contributed by atoms with Crippen LogP contribution < -0.4 is 4.74 Å². The molecule has 0 bridgehead atoms. The van der Waals surface area contributed by atoms with Crippen molar-refractivity contribution in [1.82, 2.24) is 4.90 Å². The lowest BCUT2D eigenvalue weighted by Crippen LogP contribution is -2.26. The zero-order valence-electron chi connectivity index (χ0n) is 14.7. The minimum Gasteiger partial charge on any atom is -0.497 e. The maximum atomic E-state index is 9.62. The quantitative estimate of drug-likeness (QED) is 0.780. The van der Waals surface area contributed by atoms with E-state index in [9.17, 15) is 5.11 Å². The summed E-state index contributed by atoms with van der Waals surface area (Å²) >= 11 is 3.68. The Balaban J connectivity index is 1.44. The summed E-state index contributed by atoms with van der Waals surface area (Å²) in [6.45, 7) is 3.69. The zero-order chi connectivity index (χ0) is 16.9. The summed E-state index contributed by atoms with van der Waals surface area (Å²) in [5.74, 6) is 2.53. The molecule has 1 unspecified atom stereocenters. The van der Waals surface area contributed by atoms with E-state index in [1.54, 1.807) is 7.11 Å². The predicted molar refractivity (Wildman–Crippen MR) is 102 cm³/mol. The number of hydrogen-bond acceptors (Lipinski definition) is 3. The number of aliphatic hydroxyl groups is 1. The highest BCUT2D eigenvalue weighted by atomic mass is 79.9. The first kappa shape index (κ1) is 18.2. The Kier molecular flexibility index (Phi) is 6.59. The van der Waals surface area contributed by atoms with Crippen molar-refractivity contribution in [2.75, 3.05) is 26.7 Å². The van der Waals surface area contributed by atoms with Crippen LogP contribution in [0, 0.1) is 11.8 Å². The van der Waals surface area contributed by atoms with Gasteiger partial charge in [-0.2, -0.15) is 0 Å². The van der Waals surface area contributed by atoms with Crippen molar-refractivity contribution >= 4 is 15.9 Å². The van der Waals surface area contributed by atoms with Crippen molar-refractivity contribution in [3.8, 4) is 5.75 Å². The average molecular weight is 396 g/mol. The molecular weight excluding hydrogens is 366 g/mol. The fraction of sp³-hybridized carbons (Fsp3) is 0.700. The molecule has 24 heavy (non-hydrogen) atoms. The van der Waals surface area contributed by atoms with Gasteiger partial charge < -0.3 is 14.7 Å². The molecule has 134 valence electrons. The number of aliphatic hydroxyl groups excluding tert-OH is 1. The van der Waals surface area contributed by atoms with Crippen molar-refractivity contribution in [3.63, 3.8) is 0 Å². The van der Waals surface area contributed by atoms with Crippen LogP contribution in [0.15, 0.2) is 22.7 Å². The first-order chi connectivity index (χ1) is 11.6. The molecule has 1 saturated heterocycles. The molecule has 2 aliphatic rings. The number of halogens is 1. The first-order valence-corrected chi connectivity index (χ1v) is 10.2. The third kappa shape index (κ3) is 4.96. The Labute approximate surface area is 154 Å². The largest absolute Gasteiger partial charge is 0.497 e. The van der Waals surface area contributed by atoms with E-state index in [1.165, 1.54) is 55.4 Å². The fourth-order valence-electron chi connectivity index (χ4n) is 4.23. The van der Waals surface area contributed by atoms with Crippen molar-refractivity contribution in [2.45, 2.75) is 51.0 Å². The number of methoxy groups -OCH3 is 1. The van der Waals surface area contributed by atoms with Crippen LogP contribution >= 0.6 is 15.9 Å². The van der Waals surface area contributed by atoms with Gasteiger partial charge in [0, 0.05) is 11.0 Å². The third-order valence-electron chi connectivity index (χ3n) is 5.80. The lowest BCUT2D eigenvalue weighted by atomic mass is 9.85. The highest BCUT2D eigenvalue weighted by Gasteiger charge is 2.25. The molecule has 1 saturated carbocycles. The maximum absolute atomic E-state index is 9.62. The third-order valence-corrected chi connectivity index (χ3v) is 6.57. The smallest absolute Gasteiger partial charge is 0.119 e. The van der Waals surface area contributed by atoms with E-state index in [1.807, 2.05) is 6.07 Å². The average Bonchev–Trinajstić information content (AvgIpc) is 3.04. The van der Waals surface area contributed by atoms with Crippen LogP contribution in [0.25, 0.3) is 0 Å². The second kappa shape index (κ2) is 8.68. The van der Waals surface area contributed by atoms with Gasteiger partial charge in [0.05, 0.1) is 13.2 Å². The van der Waals surface area contributed by atoms with E-state index < -0.39 is 0 Å². The number of ether oxygens (including phenoxy) is 1. The van der Waals surface area contributed by atoms with Gasteiger partial charge in [-0.3, -0.25) is 0 Å². The summed E-state index contributed by atoms with van der Waals surface area (Å²) in [4.78, 5) is 2.64. The van der Waals surface area contributed by atoms with Crippen LogP contribution in [0.2, 0.25) is 0 Å². The van der Waals surface area contributed by atoms with Gasteiger partial charge in [-0.05, 0) is 93.6 Å². The molecule has 1 heterocycles. The minimum absolute atomic E-state index is 0.0290. The molecule has 1 aromatic carbocycles. The lowest BCUT2D eigenvalue weighted by Gasteiger charge is -2.27. The van der Waals surface area contributed by atoms with Gasteiger partial charge in [-0.15, -0.1) is 0 Å². The molecule has 2 fully saturated rings. The minimum atomic E-state index is -0.0290. The van der Waals surface area contributed by atoms with E-state index in [4.69, 9.17) is 4.74 Å². The Bertz CT molecular complexity index is 528. The van der Waals surface area contributed by atoms with Crippen LogP contribution in [0.1, 0.15) is 44.1 Å². The number of likely N-dealkylation sites (tertiary alicyclic amines) is 1. The Morgan fingerprint density at radius 1 is 1.17 bits per heavy atom. The summed E-state index contributed by atoms with van der Waals surface area (Å²) < 4.78 is 6.56. The van der Waals surface area contributed by atoms with Crippen LogP contribution in [-0.2, 0) is 6.42 Å². The molecule has 3 rings (SSSR count). The molecule has 0 radical (unpaired) electrons. The van der Waals surface area contributed by atoms with E-state index in [2.05, 4.69) is 33.0 Å².